The Hall–Kier alpha value is -6.22. The van der Waals surface area contributed by atoms with Gasteiger partial charge in [-0.15, -0.1) is 11.3 Å². The van der Waals surface area contributed by atoms with Crippen molar-refractivity contribution < 1.29 is 0 Å². The van der Waals surface area contributed by atoms with E-state index in [0.29, 0.717) is 0 Å². The van der Waals surface area contributed by atoms with Crippen LogP contribution in [-0.4, -0.2) is 0 Å². The van der Waals surface area contributed by atoms with E-state index in [1.165, 1.54) is 98.3 Å². The van der Waals surface area contributed by atoms with Crippen molar-refractivity contribution in [1.82, 2.24) is 0 Å². The molecule has 8 aromatic carbocycles. The number of nitrogens with zero attached hydrogens (tertiary/aromatic N) is 1. The molecule has 12 rings (SSSR count). The molecule has 1 spiro atoms. The van der Waals surface area contributed by atoms with Gasteiger partial charge in [-0.1, -0.05) is 147 Å². The second-order valence-corrected chi connectivity index (χ2v) is 16.7. The molecular weight excluding hydrogens is 671 g/mol. The molecule has 3 aliphatic carbocycles. The first-order valence-electron chi connectivity index (χ1n) is 18.9. The van der Waals surface area contributed by atoms with Gasteiger partial charge in [0, 0.05) is 37.0 Å². The zero-order chi connectivity index (χ0) is 35.8. The fourth-order valence-corrected chi connectivity index (χ4v) is 11.6. The van der Waals surface area contributed by atoms with Crippen molar-refractivity contribution in [2.45, 2.75) is 24.7 Å². The van der Waals surface area contributed by atoms with Gasteiger partial charge in [0.05, 0.1) is 11.1 Å². The molecule has 1 heterocycles. The minimum absolute atomic E-state index is 0.110. The average molecular weight is 706 g/mol. The van der Waals surface area contributed by atoms with Crippen molar-refractivity contribution in [3.63, 3.8) is 0 Å². The topological polar surface area (TPSA) is 3.24 Å². The lowest BCUT2D eigenvalue weighted by Crippen LogP contribution is -2.25. The average Bonchev–Trinajstić information content (AvgIpc) is 3.91. The fraction of sp³-hybridized carbons (Fsp3) is 0.0769. The van der Waals surface area contributed by atoms with Gasteiger partial charge in [0.2, 0.25) is 0 Å². The summed E-state index contributed by atoms with van der Waals surface area (Å²) in [5.74, 6) is 0. The van der Waals surface area contributed by atoms with E-state index >= 15 is 0 Å². The molecule has 0 atom stereocenters. The van der Waals surface area contributed by atoms with Gasteiger partial charge in [-0.3, -0.25) is 0 Å². The van der Waals surface area contributed by atoms with Gasteiger partial charge in [-0.05, 0) is 109 Å². The lowest BCUT2D eigenvalue weighted by Gasteiger charge is -2.31. The van der Waals surface area contributed by atoms with Gasteiger partial charge < -0.3 is 4.90 Å². The molecule has 0 aliphatic heterocycles. The van der Waals surface area contributed by atoms with Gasteiger partial charge in [0.15, 0.2) is 0 Å². The molecule has 0 unspecified atom stereocenters. The van der Waals surface area contributed by atoms with Crippen LogP contribution in [0.1, 0.15) is 47.2 Å². The van der Waals surface area contributed by atoms with Crippen molar-refractivity contribution in [3.05, 3.63) is 209 Å². The van der Waals surface area contributed by atoms with Gasteiger partial charge in [0.25, 0.3) is 0 Å². The second kappa shape index (κ2) is 10.7. The standard InChI is InChI=1S/C52H35NS/c1-51(2)41-19-8-3-14-34(41)38-28-26-33(31-46(38)51)53(47-23-13-25-49-50(47)39-18-7-12-24-48(39)54-49)32-27-29-45-40(30-32)37-17-6-11-22-44(37)52(45)42-20-9-4-15-35(42)36-16-5-10-21-43(36)52/h3-31H,1-2H3. The lowest BCUT2D eigenvalue weighted by molar-refractivity contribution is 0.660. The SMILES string of the molecule is CC1(C)c2ccccc2-c2ccc(N(c3ccc4c(c3)-c3ccccc3C43c4ccccc4-c4ccccc43)c3cccc4sc5ccccc5c34)cc21. The van der Waals surface area contributed by atoms with Crippen molar-refractivity contribution in [2.24, 2.45) is 0 Å². The first-order valence-corrected chi connectivity index (χ1v) is 19.8. The summed E-state index contributed by atoms with van der Waals surface area (Å²) in [5.41, 5.74) is 19.3. The molecule has 3 aliphatic rings. The Labute approximate surface area is 319 Å². The lowest BCUT2D eigenvalue weighted by atomic mass is 9.70. The molecular formula is C52H35NS. The van der Waals surface area contributed by atoms with Crippen molar-refractivity contribution >= 4 is 48.6 Å². The summed E-state index contributed by atoms with van der Waals surface area (Å²) in [5, 5.41) is 2.61. The third kappa shape index (κ3) is 3.73. The Bertz CT molecular complexity index is 3010. The fourth-order valence-electron chi connectivity index (χ4n) is 10.4. The smallest absolute Gasteiger partial charge is 0.0725 e. The van der Waals surface area contributed by atoms with Crippen molar-refractivity contribution in [3.8, 4) is 33.4 Å². The summed E-state index contributed by atoms with van der Waals surface area (Å²) in [6.07, 6.45) is 0. The van der Waals surface area contributed by atoms with Crippen LogP contribution in [-0.2, 0) is 10.8 Å². The first kappa shape index (κ1) is 30.3. The van der Waals surface area contributed by atoms with Crippen LogP contribution in [0.3, 0.4) is 0 Å². The van der Waals surface area contributed by atoms with E-state index < -0.39 is 0 Å². The molecule has 0 bridgehead atoms. The number of anilines is 3. The van der Waals surface area contributed by atoms with Gasteiger partial charge >= 0.3 is 0 Å². The molecule has 1 aromatic heterocycles. The van der Waals surface area contributed by atoms with Crippen molar-refractivity contribution in [2.75, 3.05) is 4.90 Å². The van der Waals surface area contributed by atoms with Crippen LogP contribution >= 0.6 is 11.3 Å². The molecule has 9 aromatic rings. The highest BCUT2D eigenvalue weighted by Crippen LogP contribution is 2.63. The number of hydrogen-bond donors (Lipinski definition) is 0. The third-order valence-corrected chi connectivity index (χ3v) is 13.8. The second-order valence-electron chi connectivity index (χ2n) is 15.6. The van der Waals surface area contributed by atoms with Crippen molar-refractivity contribution in [1.29, 1.82) is 0 Å². The summed E-state index contributed by atoms with van der Waals surface area (Å²) >= 11 is 1.88. The molecule has 0 radical (unpaired) electrons. The van der Waals surface area contributed by atoms with Crippen LogP contribution in [0.4, 0.5) is 17.1 Å². The Morgan fingerprint density at radius 1 is 0.389 bits per heavy atom. The number of rotatable bonds is 3. The number of fused-ring (bicyclic) bond motifs is 16. The maximum absolute atomic E-state index is 2.53. The molecule has 0 amide bonds. The summed E-state index contributed by atoms with van der Waals surface area (Å²) in [7, 11) is 0. The predicted octanol–water partition coefficient (Wildman–Crippen LogP) is 14.2. The molecule has 0 saturated heterocycles. The normalized spacial score (nSPS) is 14.8. The molecule has 0 saturated carbocycles. The van der Waals surface area contributed by atoms with Crippen LogP contribution in [0.25, 0.3) is 53.6 Å². The Morgan fingerprint density at radius 2 is 0.889 bits per heavy atom. The minimum Gasteiger partial charge on any atom is -0.310 e. The van der Waals surface area contributed by atoms with Crippen LogP contribution < -0.4 is 4.90 Å². The predicted molar refractivity (Wildman–Crippen MR) is 228 cm³/mol. The van der Waals surface area contributed by atoms with Crippen LogP contribution in [0, 0.1) is 0 Å². The van der Waals surface area contributed by atoms with E-state index in [4.69, 9.17) is 0 Å². The van der Waals surface area contributed by atoms with Gasteiger partial charge in [-0.2, -0.15) is 0 Å². The minimum atomic E-state index is -0.366. The Morgan fingerprint density at radius 3 is 1.59 bits per heavy atom. The molecule has 0 fully saturated rings. The molecule has 2 heteroatoms. The number of hydrogen-bond acceptors (Lipinski definition) is 2. The highest BCUT2D eigenvalue weighted by molar-refractivity contribution is 7.26. The maximum atomic E-state index is 2.53. The maximum Gasteiger partial charge on any atom is 0.0725 e. The van der Waals surface area contributed by atoms with E-state index in [1.54, 1.807) is 0 Å². The van der Waals surface area contributed by atoms with E-state index in [9.17, 15) is 0 Å². The highest BCUT2D eigenvalue weighted by Gasteiger charge is 2.51. The summed E-state index contributed by atoms with van der Waals surface area (Å²) in [6, 6.07) is 66.4. The summed E-state index contributed by atoms with van der Waals surface area (Å²) < 4.78 is 2.62. The van der Waals surface area contributed by atoms with E-state index in [0.717, 1.165) is 5.69 Å². The zero-order valence-corrected chi connectivity index (χ0v) is 30.9. The largest absolute Gasteiger partial charge is 0.310 e. The number of benzene rings is 8. The van der Waals surface area contributed by atoms with E-state index in [-0.39, 0.29) is 10.8 Å². The zero-order valence-electron chi connectivity index (χ0n) is 30.1. The molecule has 254 valence electrons. The highest BCUT2D eigenvalue weighted by atomic mass is 32.1. The van der Waals surface area contributed by atoms with Crippen LogP contribution in [0.5, 0.6) is 0 Å². The van der Waals surface area contributed by atoms with E-state index in [2.05, 4.69) is 195 Å². The molecule has 1 nitrogen and oxygen atoms in total. The van der Waals surface area contributed by atoms with Gasteiger partial charge in [-0.25, -0.2) is 0 Å². The Kier molecular flexibility index (Phi) is 5.99. The first-order chi connectivity index (χ1) is 26.5. The van der Waals surface area contributed by atoms with E-state index in [1.807, 2.05) is 11.3 Å². The molecule has 54 heavy (non-hydrogen) atoms. The summed E-state index contributed by atoms with van der Waals surface area (Å²) in [6.45, 7) is 4.75. The Balaban J connectivity index is 1.14. The van der Waals surface area contributed by atoms with Crippen LogP contribution in [0.15, 0.2) is 176 Å². The monoisotopic (exact) mass is 705 g/mol. The number of thiophene rings is 1. The molecule has 0 N–H and O–H groups in total. The third-order valence-electron chi connectivity index (χ3n) is 12.7. The van der Waals surface area contributed by atoms with Crippen LogP contribution in [0.2, 0.25) is 0 Å². The van der Waals surface area contributed by atoms with Gasteiger partial charge in [0.1, 0.15) is 0 Å². The summed E-state index contributed by atoms with van der Waals surface area (Å²) in [4.78, 5) is 2.53. The quantitative estimate of drug-likeness (QED) is 0.177.